The number of hydrogen-bond acceptors (Lipinski definition) is 4. The number of benzene rings is 2. The number of rotatable bonds is 5. The summed E-state index contributed by atoms with van der Waals surface area (Å²) in [6.07, 6.45) is 2.00. The van der Waals surface area contributed by atoms with Crippen LogP contribution < -0.4 is 5.14 Å². The van der Waals surface area contributed by atoms with E-state index in [-0.39, 0.29) is 5.92 Å². The Kier molecular flexibility index (Phi) is 4.55. The van der Waals surface area contributed by atoms with Crippen LogP contribution >= 0.6 is 0 Å². The summed E-state index contributed by atoms with van der Waals surface area (Å²) in [5, 5.41) is 17.7. The minimum atomic E-state index is -4.23. The van der Waals surface area contributed by atoms with Crippen LogP contribution in [0.5, 0.6) is 0 Å². The van der Waals surface area contributed by atoms with E-state index < -0.39 is 25.5 Å². The molecule has 0 aliphatic heterocycles. The molecular weight excluding hydrogens is 354 g/mol. The number of nitrogens with zero attached hydrogens (tertiary/aromatic N) is 2. The molecule has 0 aliphatic carbocycles. The Hall–Kier alpha value is -2.71. The van der Waals surface area contributed by atoms with E-state index in [2.05, 4.69) is 0 Å². The van der Waals surface area contributed by atoms with E-state index in [4.69, 9.17) is 5.14 Å². The van der Waals surface area contributed by atoms with Gasteiger partial charge in [-0.2, -0.15) is 0 Å². The number of nitro groups is 1. The van der Waals surface area contributed by atoms with Crippen LogP contribution in [-0.4, -0.2) is 17.9 Å². The summed E-state index contributed by atoms with van der Waals surface area (Å²) in [6, 6.07) is 12.1. The predicted octanol–water partition coefficient (Wildman–Crippen LogP) is 3.31. The lowest BCUT2D eigenvalue weighted by Crippen LogP contribution is -2.19. The van der Waals surface area contributed by atoms with E-state index in [9.17, 15) is 18.5 Å². The van der Waals surface area contributed by atoms with E-state index in [0.717, 1.165) is 22.5 Å². The number of nitrogens with two attached hydrogens (primary N) is 1. The minimum absolute atomic E-state index is 0.293. The first-order chi connectivity index (χ1) is 12.2. The standard InChI is InChI=1S/C18H19N3O4S/c1-12-10-20(16-8-4-3-6-14(12)16)11-13(2)15-7-5-9-17(21(22)23)18(15)26(19,24)25/h3-10,13H,11H2,1-2H3,(H2,19,24,25)/t13-/m1/s1. The molecule has 0 spiro atoms. The second-order valence-corrected chi connectivity index (χ2v) is 7.88. The molecule has 136 valence electrons. The fourth-order valence-corrected chi connectivity index (χ4v) is 4.39. The minimum Gasteiger partial charge on any atom is -0.347 e. The van der Waals surface area contributed by atoms with Crippen molar-refractivity contribution in [3.05, 3.63) is 69.9 Å². The Morgan fingerprint density at radius 3 is 2.54 bits per heavy atom. The van der Waals surface area contributed by atoms with Gasteiger partial charge in [-0.05, 0) is 24.1 Å². The van der Waals surface area contributed by atoms with Crippen molar-refractivity contribution in [2.24, 2.45) is 5.14 Å². The Morgan fingerprint density at radius 1 is 1.19 bits per heavy atom. The molecule has 0 radical (unpaired) electrons. The van der Waals surface area contributed by atoms with Gasteiger partial charge in [0.2, 0.25) is 10.0 Å². The second-order valence-electron chi connectivity index (χ2n) is 6.38. The lowest BCUT2D eigenvalue weighted by Gasteiger charge is -2.17. The van der Waals surface area contributed by atoms with Gasteiger partial charge in [0.15, 0.2) is 4.90 Å². The Labute approximate surface area is 151 Å². The number of sulfonamides is 1. The zero-order valence-corrected chi connectivity index (χ0v) is 15.2. The molecule has 1 atom stereocenters. The maximum Gasteiger partial charge on any atom is 0.289 e. The van der Waals surface area contributed by atoms with Gasteiger partial charge in [0.1, 0.15) is 0 Å². The molecule has 1 heterocycles. The van der Waals surface area contributed by atoms with Crippen molar-refractivity contribution in [2.75, 3.05) is 0 Å². The molecule has 3 aromatic rings. The number of aromatic nitrogens is 1. The van der Waals surface area contributed by atoms with E-state index in [1.807, 2.05) is 48.9 Å². The molecule has 0 amide bonds. The zero-order chi connectivity index (χ0) is 19.1. The molecule has 3 rings (SSSR count). The first-order valence-electron chi connectivity index (χ1n) is 8.04. The van der Waals surface area contributed by atoms with E-state index in [1.54, 1.807) is 6.07 Å². The number of primary sulfonamides is 1. The van der Waals surface area contributed by atoms with Crippen molar-refractivity contribution in [1.29, 1.82) is 0 Å². The van der Waals surface area contributed by atoms with Crippen molar-refractivity contribution in [1.82, 2.24) is 4.57 Å². The maximum atomic E-state index is 12.0. The number of para-hydroxylation sites is 1. The fraction of sp³-hybridized carbons (Fsp3) is 0.222. The largest absolute Gasteiger partial charge is 0.347 e. The normalized spacial score (nSPS) is 13.0. The van der Waals surface area contributed by atoms with Gasteiger partial charge in [0.25, 0.3) is 5.69 Å². The summed E-state index contributed by atoms with van der Waals surface area (Å²) in [5.74, 6) is -0.293. The van der Waals surface area contributed by atoms with E-state index in [0.29, 0.717) is 12.1 Å². The van der Waals surface area contributed by atoms with Gasteiger partial charge in [0, 0.05) is 35.6 Å². The molecular formula is C18H19N3O4S. The Morgan fingerprint density at radius 2 is 1.88 bits per heavy atom. The zero-order valence-electron chi connectivity index (χ0n) is 14.4. The van der Waals surface area contributed by atoms with Gasteiger partial charge < -0.3 is 4.57 Å². The Balaban J connectivity index is 2.09. The molecule has 7 nitrogen and oxygen atoms in total. The average Bonchev–Trinajstić information content (AvgIpc) is 2.89. The summed E-state index contributed by atoms with van der Waals surface area (Å²) >= 11 is 0. The van der Waals surface area contributed by atoms with Crippen LogP contribution in [0.2, 0.25) is 0 Å². The number of nitro benzene ring substituents is 1. The maximum absolute atomic E-state index is 12.0. The Bertz CT molecular complexity index is 1100. The quantitative estimate of drug-likeness (QED) is 0.546. The lowest BCUT2D eigenvalue weighted by atomic mass is 10.00. The van der Waals surface area contributed by atoms with Crippen LogP contribution in [0.3, 0.4) is 0 Å². The first kappa shape index (κ1) is 18.1. The molecule has 8 heteroatoms. The highest BCUT2D eigenvalue weighted by Gasteiger charge is 2.28. The number of hydrogen-bond donors (Lipinski definition) is 1. The second kappa shape index (κ2) is 6.54. The lowest BCUT2D eigenvalue weighted by molar-refractivity contribution is -0.387. The van der Waals surface area contributed by atoms with Gasteiger partial charge in [0.05, 0.1) is 4.92 Å². The van der Waals surface area contributed by atoms with Gasteiger partial charge in [-0.15, -0.1) is 0 Å². The van der Waals surface area contributed by atoms with Crippen LogP contribution in [-0.2, 0) is 16.6 Å². The molecule has 2 N–H and O–H groups in total. The molecule has 26 heavy (non-hydrogen) atoms. The monoisotopic (exact) mass is 373 g/mol. The van der Waals surface area contributed by atoms with Crippen molar-refractivity contribution < 1.29 is 13.3 Å². The molecule has 0 bridgehead atoms. The van der Waals surface area contributed by atoms with Crippen molar-refractivity contribution in [3.8, 4) is 0 Å². The highest BCUT2D eigenvalue weighted by atomic mass is 32.2. The summed E-state index contributed by atoms with van der Waals surface area (Å²) in [6.45, 7) is 4.31. The van der Waals surface area contributed by atoms with Gasteiger partial charge in [-0.25, -0.2) is 13.6 Å². The molecule has 0 unspecified atom stereocenters. The number of aryl methyl sites for hydroxylation is 1. The molecule has 0 aliphatic rings. The third-order valence-electron chi connectivity index (χ3n) is 4.50. The average molecular weight is 373 g/mol. The van der Waals surface area contributed by atoms with Crippen molar-refractivity contribution in [3.63, 3.8) is 0 Å². The summed E-state index contributed by atoms with van der Waals surface area (Å²) in [5.41, 5.74) is 1.99. The fourth-order valence-electron chi connectivity index (χ4n) is 3.36. The molecule has 1 aromatic heterocycles. The van der Waals surface area contributed by atoms with Crippen molar-refractivity contribution >= 4 is 26.6 Å². The smallest absolute Gasteiger partial charge is 0.289 e. The molecule has 0 saturated heterocycles. The highest BCUT2D eigenvalue weighted by Crippen LogP contribution is 2.33. The molecule has 0 saturated carbocycles. The first-order valence-corrected chi connectivity index (χ1v) is 9.59. The van der Waals surface area contributed by atoms with Crippen LogP contribution in [0, 0.1) is 17.0 Å². The van der Waals surface area contributed by atoms with Gasteiger partial charge in [-0.3, -0.25) is 10.1 Å². The third kappa shape index (κ3) is 3.21. The van der Waals surface area contributed by atoms with Crippen LogP contribution in [0.4, 0.5) is 5.69 Å². The van der Waals surface area contributed by atoms with E-state index in [1.165, 1.54) is 6.07 Å². The number of fused-ring (bicyclic) bond motifs is 1. The predicted molar refractivity (Wildman–Crippen MR) is 99.6 cm³/mol. The molecule has 2 aromatic carbocycles. The third-order valence-corrected chi connectivity index (χ3v) is 5.51. The van der Waals surface area contributed by atoms with Crippen molar-refractivity contribution in [2.45, 2.75) is 31.2 Å². The topological polar surface area (TPSA) is 108 Å². The van der Waals surface area contributed by atoms with Gasteiger partial charge in [-0.1, -0.05) is 37.3 Å². The van der Waals surface area contributed by atoms with E-state index >= 15 is 0 Å². The van der Waals surface area contributed by atoms with Crippen LogP contribution in [0.15, 0.2) is 53.6 Å². The highest BCUT2D eigenvalue weighted by molar-refractivity contribution is 7.89. The summed E-state index contributed by atoms with van der Waals surface area (Å²) < 4.78 is 26.1. The molecule has 0 fully saturated rings. The SMILES string of the molecule is Cc1cn(C[C@@H](C)c2cccc([N+](=O)[O-])c2S(N)(=O)=O)c2ccccc12. The summed E-state index contributed by atoms with van der Waals surface area (Å²) in [7, 11) is -4.23. The van der Waals surface area contributed by atoms with Gasteiger partial charge >= 0.3 is 0 Å². The summed E-state index contributed by atoms with van der Waals surface area (Å²) in [4.78, 5) is 10.1. The van der Waals surface area contributed by atoms with Crippen LogP contribution in [0.25, 0.3) is 10.9 Å². The van der Waals surface area contributed by atoms with Crippen LogP contribution in [0.1, 0.15) is 24.0 Å².